The molecule has 0 spiro atoms. The van der Waals surface area contributed by atoms with Gasteiger partial charge in [0.2, 0.25) is 10.0 Å². The summed E-state index contributed by atoms with van der Waals surface area (Å²) in [5.74, 6) is -1.08. The van der Waals surface area contributed by atoms with Gasteiger partial charge in [-0.15, -0.1) is 0 Å². The molecule has 1 aromatic carbocycles. The highest BCUT2D eigenvalue weighted by Crippen LogP contribution is 2.40. The minimum atomic E-state index is -3.49. The standard InChI is InChI=1S/C15H21NO4S/c1-12(13-6-3-2-4-7-13)10-21(19,20)16-11-15(14(17)18)8-5-9-15/h2-4,6-7,12,16H,5,8-11H2,1H3,(H,17,18). The molecule has 1 atom stereocenters. The number of hydrogen-bond acceptors (Lipinski definition) is 3. The van der Waals surface area contributed by atoms with E-state index in [1.165, 1.54) is 0 Å². The van der Waals surface area contributed by atoms with Crippen molar-refractivity contribution in [2.45, 2.75) is 32.1 Å². The fourth-order valence-electron chi connectivity index (χ4n) is 2.58. The first-order chi connectivity index (χ1) is 9.85. The second kappa shape index (κ2) is 6.15. The Hall–Kier alpha value is -1.40. The van der Waals surface area contributed by atoms with E-state index in [0.717, 1.165) is 12.0 Å². The summed E-state index contributed by atoms with van der Waals surface area (Å²) >= 11 is 0. The second-order valence-electron chi connectivity index (χ2n) is 5.85. The van der Waals surface area contributed by atoms with Gasteiger partial charge < -0.3 is 5.11 Å². The highest BCUT2D eigenvalue weighted by Gasteiger charge is 2.44. The Labute approximate surface area is 125 Å². The van der Waals surface area contributed by atoms with Crippen LogP contribution in [-0.2, 0) is 14.8 Å². The van der Waals surface area contributed by atoms with Gasteiger partial charge in [0.25, 0.3) is 0 Å². The van der Waals surface area contributed by atoms with Crippen molar-refractivity contribution in [2.24, 2.45) is 5.41 Å². The van der Waals surface area contributed by atoms with E-state index in [1.807, 2.05) is 37.3 Å². The summed E-state index contributed by atoms with van der Waals surface area (Å²) in [4.78, 5) is 11.2. The Bertz CT molecular complexity index is 593. The first-order valence-electron chi connectivity index (χ1n) is 7.10. The van der Waals surface area contributed by atoms with Crippen LogP contribution in [0.1, 0.15) is 37.7 Å². The summed E-state index contributed by atoms with van der Waals surface area (Å²) in [6, 6.07) is 9.42. The minimum Gasteiger partial charge on any atom is -0.481 e. The maximum atomic E-state index is 12.1. The number of sulfonamides is 1. The molecule has 2 rings (SSSR count). The molecule has 116 valence electrons. The Balaban J connectivity index is 1.95. The molecule has 1 saturated carbocycles. The highest BCUT2D eigenvalue weighted by atomic mass is 32.2. The van der Waals surface area contributed by atoms with Crippen LogP contribution in [0.4, 0.5) is 0 Å². The molecule has 5 nitrogen and oxygen atoms in total. The van der Waals surface area contributed by atoms with Crippen LogP contribution in [-0.4, -0.2) is 31.8 Å². The predicted octanol–water partition coefficient (Wildman–Crippen LogP) is 1.96. The molecule has 1 aliphatic rings. The SMILES string of the molecule is CC(CS(=O)(=O)NCC1(C(=O)O)CCC1)c1ccccc1. The van der Waals surface area contributed by atoms with E-state index in [4.69, 9.17) is 0 Å². The van der Waals surface area contributed by atoms with E-state index in [2.05, 4.69) is 4.72 Å². The molecule has 21 heavy (non-hydrogen) atoms. The number of carbonyl (C=O) groups is 1. The largest absolute Gasteiger partial charge is 0.481 e. The van der Waals surface area contributed by atoms with E-state index in [1.54, 1.807) is 0 Å². The van der Waals surface area contributed by atoms with Crippen LogP contribution in [0.5, 0.6) is 0 Å². The van der Waals surface area contributed by atoms with Crippen molar-refractivity contribution in [3.8, 4) is 0 Å². The van der Waals surface area contributed by atoms with Gasteiger partial charge in [0.15, 0.2) is 0 Å². The maximum Gasteiger partial charge on any atom is 0.310 e. The molecule has 0 aliphatic heterocycles. The summed E-state index contributed by atoms with van der Waals surface area (Å²) in [7, 11) is -3.49. The average Bonchev–Trinajstić information content (AvgIpc) is 2.37. The van der Waals surface area contributed by atoms with E-state index in [0.29, 0.717) is 12.8 Å². The van der Waals surface area contributed by atoms with Crippen molar-refractivity contribution in [1.29, 1.82) is 0 Å². The summed E-state index contributed by atoms with van der Waals surface area (Å²) in [6.45, 7) is 1.84. The van der Waals surface area contributed by atoms with Gasteiger partial charge >= 0.3 is 5.97 Å². The molecule has 6 heteroatoms. The lowest BCUT2D eigenvalue weighted by Crippen LogP contribution is -2.48. The van der Waals surface area contributed by atoms with Gasteiger partial charge in [-0.3, -0.25) is 4.79 Å². The van der Waals surface area contributed by atoms with Gasteiger partial charge in [0.05, 0.1) is 11.2 Å². The van der Waals surface area contributed by atoms with E-state index >= 15 is 0 Å². The topological polar surface area (TPSA) is 83.5 Å². The molecule has 0 aromatic heterocycles. The van der Waals surface area contributed by atoms with Crippen molar-refractivity contribution in [1.82, 2.24) is 4.72 Å². The van der Waals surface area contributed by atoms with Crippen LogP contribution < -0.4 is 4.72 Å². The maximum absolute atomic E-state index is 12.1. The molecule has 0 bridgehead atoms. The number of hydrogen-bond donors (Lipinski definition) is 2. The zero-order chi connectivity index (χ0) is 15.5. The third-order valence-corrected chi connectivity index (χ3v) is 5.76. The molecular weight excluding hydrogens is 290 g/mol. The molecule has 1 fully saturated rings. The molecule has 1 unspecified atom stereocenters. The summed E-state index contributed by atoms with van der Waals surface area (Å²) in [5.41, 5.74) is 0.0581. The third kappa shape index (κ3) is 3.83. The number of aliphatic carboxylic acids is 1. The zero-order valence-electron chi connectivity index (χ0n) is 12.1. The van der Waals surface area contributed by atoms with Crippen LogP contribution in [0.2, 0.25) is 0 Å². The van der Waals surface area contributed by atoms with Crippen LogP contribution in [0.15, 0.2) is 30.3 Å². The number of carboxylic acids is 1. The zero-order valence-corrected chi connectivity index (χ0v) is 12.9. The van der Waals surface area contributed by atoms with Gasteiger partial charge in [0, 0.05) is 6.54 Å². The number of benzene rings is 1. The lowest BCUT2D eigenvalue weighted by molar-refractivity contribution is -0.153. The molecule has 0 saturated heterocycles. The normalized spacial score (nSPS) is 18.7. The summed E-state index contributed by atoms with van der Waals surface area (Å²) in [5, 5.41) is 9.21. The number of carboxylic acid groups (broad SMARTS) is 1. The lowest BCUT2D eigenvalue weighted by atomic mass is 9.69. The fourth-order valence-corrected chi connectivity index (χ4v) is 4.05. The van der Waals surface area contributed by atoms with Crippen molar-refractivity contribution in [3.05, 3.63) is 35.9 Å². The Morgan fingerprint density at radius 2 is 1.95 bits per heavy atom. The number of rotatable bonds is 7. The van der Waals surface area contributed by atoms with Gasteiger partial charge in [0.1, 0.15) is 0 Å². The van der Waals surface area contributed by atoms with Crippen LogP contribution in [0.3, 0.4) is 0 Å². The van der Waals surface area contributed by atoms with E-state index < -0.39 is 21.4 Å². The van der Waals surface area contributed by atoms with Gasteiger partial charge in [-0.25, -0.2) is 13.1 Å². The average molecular weight is 311 g/mol. The lowest BCUT2D eigenvalue weighted by Gasteiger charge is -2.37. The van der Waals surface area contributed by atoms with Gasteiger partial charge in [-0.05, 0) is 24.3 Å². The molecule has 2 N–H and O–H groups in total. The first-order valence-corrected chi connectivity index (χ1v) is 8.76. The van der Waals surface area contributed by atoms with Gasteiger partial charge in [-0.1, -0.05) is 43.7 Å². The van der Waals surface area contributed by atoms with E-state index in [-0.39, 0.29) is 18.2 Å². The third-order valence-electron chi connectivity index (χ3n) is 4.23. The van der Waals surface area contributed by atoms with Crippen LogP contribution in [0, 0.1) is 5.41 Å². The monoisotopic (exact) mass is 311 g/mol. The summed E-state index contributed by atoms with van der Waals surface area (Å²) in [6.07, 6.45) is 1.92. The highest BCUT2D eigenvalue weighted by molar-refractivity contribution is 7.89. The smallest absolute Gasteiger partial charge is 0.310 e. The fraction of sp³-hybridized carbons (Fsp3) is 0.533. The Morgan fingerprint density at radius 3 is 2.43 bits per heavy atom. The summed E-state index contributed by atoms with van der Waals surface area (Å²) < 4.78 is 26.7. The van der Waals surface area contributed by atoms with Crippen LogP contribution >= 0.6 is 0 Å². The quantitative estimate of drug-likeness (QED) is 0.806. The first kappa shape index (κ1) is 16.0. The minimum absolute atomic E-state index is 0.00776. The van der Waals surface area contributed by atoms with E-state index in [9.17, 15) is 18.3 Å². The molecule has 0 amide bonds. The Morgan fingerprint density at radius 1 is 1.33 bits per heavy atom. The van der Waals surface area contributed by atoms with Crippen LogP contribution in [0.25, 0.3) is 0 Å². The van der Waals surface area contributed by atoms with Crippen molar-refractivity contribution >= 4 is 16.0 Å². The Kier molecular flexibility index (Phi) is 4.68. The molecule has 1 aromatic rings. The predicted molar refractivity (Wildman–Crippen MR) is 80.6 cm³/mol. The van der Waals surface area contributed by atoms with Crippen molar-refractivity contribution in [2.75, 3.05) is 12.3 Å². The van der Waals surface area contributed by atoms with Crippen molar-refractivity contribution in [3.63, 3.8) is 0 Å². The number of nitrogens with one attached hydrogen (secondary N) is 1. The van der Waals surface area contributed by atoms with Crippen molar-refractivity contribution < 1.29 is 18.3 Å². The van der Waals surface area contributed by atoms with Gasteiger partial charge in [-0.2, -0.15) is 0 Å². The molecule has 0 heterocycles. The molecular formula is C15H21NO4S. The molecule has 0 radical (unpaired) electrons. The second-order valence-corrected chi connectivity index (χ2v) is 7.70. The molecule has 1 aliphatic carbocycles.